The molecule has 6 nitrogen and oxygen atoms in total. The van der Waals surface area contributed by atoms with E-state index < -0.39 is 10.8 Å². The molecule has 3 aromatic rings. The lowest BCUT2D eigenvalue weighted by atomic mass is 10.00. The third-order valence-electron chi connectivity index (χ3n) is 6.06. The van der Waals surface area contributed by atoms with Gasteiger partial charge in [0.1, 0.15) is 5.82 Å². The van der Waals surface area contributed by atoms with Crippen molar-refractivity contribution in [3.05, 3.63) is 87.3 Å². The fourth-order valence-electron chi connectivity index (χ4n) is 4.42. The minimum absolute atomic E-state index is 0.207. The van der Waals surface area contributed by atoms with Gasteiger partial charge in [0.2, 0.25) is 0 Å². The number of aromatic nitrogens is 2. The fraction of sp³-hybridized carbons (Fsp3) is 0.280. The summed E-state index contributed by atoms with van der Waals surface area (Å²) in [6.45, 7) is 1.60. The smallest absolute Gasteiger partial charge is 0.283 e. The molecule has 1 aromatic heterocycles. The zero-order chi connectivity index (χ0) is 23.7. The number of amides is 1. The number of piperidine rings is 1. The summed E-state index contributed by atoms with van der Waals surface area (Å²) in [5.41, 5.74) is 7.06. The van der Waals surface area contributed by atoms with Gasteiger partial charge in [-0.1, -0.05) is 30.2 Å². The summed E-state index contributed by atoms with van der Waals surface area (Å²) >= 11 is 6.09. The first-order valence-electron chi connectivity index (χ1n) is 11.2. The molecule has 34 heavy (non-hydrogen) atoms. The van der Waals surface area contributed by atoms with Crippen LogP contribution in [0.5, 0.6) is 0 Å². The topological polar surface area (TPSA) is 67.2 Å². The van der Waals surface area contributed by atoms with Crippen LogP contribution >= 0.6 is 11.6 Å². The molecule has 1 fully saturated rings. The monoisotopic (exact) mass is 498 g/mol. The molecule has 176 valence electrons. The van der Waals surface area contributed by atoms with Gasteiger partial charge in [0.05, 0.1) is 27.9 Å². The molecule has 9 heteroatoms. The van der Waals surface area contributed by atoms with E-state index in [-0.39, 0.29) is 23.2 Å². The number of allylic oxidation sites excluding steroid dienone is 1. The van der Waals surface area contributed by atoms with Crippen LogP contribution in [0.4, 0.5) is 4.39 Å². The van der Waals surface area contributed by atoms with E-state index >= 15 is 0 Å². The van der Waals surface area contributed by atoms with Crippen molar-refractivity contribution in [1.82, 2.24) is 20.2 Å². The molecular weight excluding hydrogens is 475 g/mol. The Morgan fingerprint density at radius 1 is 1.06 bits per heavy atom. The van der Waals surface area contributed by atoms with Crippen molar-refractivity contribution in [2.75, 3.05) is 13.1 Å². The second-order valence-electron chi connectivity index (χ2n) is 8.52. The Morgan fingerprint density at radius 2 is 1.76 bits per heavy atom. The van der Waals surface area contributed by atoms with Gasteiger partial charge < -0.3 is 0 Å². The molecule has 1 saturated heterocycles. The molecule has 2 aliphatic rings. The molecular formula is C25H24ClFN4O2S. The number of rotatable bonds is 5. The van der Waals surface area contributed by atoms with Crippen LogP contribution in [0.3, 0.4) is 0 Å². The van der Waals surface area contributed by atoms with E-state index in [2.05, 4.69) is 5.43 Å². The number of hydrogen-bond acceptors (Lipinski definition) is 4. The summed E-state index contributed by atoms with van der Waals surface area (Å²) in [7, 11) is -1.29. The van der Waals surface area contributed by atoms with Crippen molar-refractivity contribution in [3.8, 4) is 5.69 Å². The Labute approximate surface area is 204 Å². The average molecular weight is 499 g/mol. The van der Waals surface area contributed by atoms with E-state index in [4.69, 9.17) is 16.7 Å². The van der Waals surface area contributed by atoms with Crippen LogP contribution in [-0.4, -0.2) is 38.0 Å². The molecule has 1 atom stereocenters. The molecule has 1 N–H and O–H groups in total. The molecule has 0 radical (unpaired) electrons. The van der Waals surface area contributed by atoms with E-state index in [0.717, 1.165) is 54.9 Å². The minimum Gasteiger partial charge on any atom is -0.283 e. The molecule has 0 saturated carbocycles. The number of hydrazine groups is 1. The number of hydrogen-bond donors (Lipinski definition) is 1. The van der Waals surface area contributed by atoms with Gasteiger partial charge in [0, 0.05) is 35.5 Å². The lowest BCUT2D eigenvalue weighted by molar-refractivity contribution is 0.0743. The highest BCUT2D eigenvalue weighted by Crippen LogP contribution is 2.34. The lowest BCUT2D eigenvalue weighted by Crippen LogP contribution is -2.45. The summed E-state index contributed by atoms with van der Waals surface area (Å²) in [5.74, 6) is -0.405. The van der Waals surface area contributed by atoms with Gasteiger partial charge >= 0.3 is 0 Å². The number of nitrogens with one attached hydrogen (secondary N) is 1. The van der Waals surface area contributed by atoms with Crippen LogP contribution in [0.2, 0.25) is 5.02 Å². The quantitative estimate of drug-likeness (QED) is 0.556. The van der Waals surface area contributed by atoms with E-state index in [1.54, 1.807) is 34.4 Å². The van der Waals surface area contributed by atoms with Crippen molar-refractivity contribution in [2.24, 2.45) is 0 Å². The molecule has 1 unspecified atom stereocenters. The SMILES string of the molecule is O=C(NN1CCCCC1)c1nn(-c2ccc(Cl)cc2)c2c1CS(=O)C=C2Cc1ccc(F)cc1. The predicted octanol–water partition coefficient (Wildman–Crippen LogP) is 4.64. The number of carbonyl (C=O) groups excluding carboxylic acids is 1. The number of carbonyl (C=O) groups is 1. The number of fused-ring (bicyclic) bond motifs is 1. The van der Waals surface area contributed by atoms with Gasteiger partial charge in [0.15, 0.2) is 5.69 Å². The minimum atomic E-state index is -1.29. The Morgan fingerprint density at radius 3 is 2.47 bits per heavy atom. The molecule has 1 amide bonds. The predicted molar refractivity (Wildman–Crippen MR) is 131 cm³/mol. The molecule has 0 aliphatic carbocycles. The molecule has 0 spiro atoms. The summed E-state index contributed by atoms with van der Waals surface area (Å²) in [6.07, 6.45) is 3.66. The van der Waals surface area contributed by atoms with Gasteiger partial charge in [-0.2, -0.15) is 5.10 Å². The van der Waals surface area contributed by atoms with Crippen LogP contribution < -0.4 is 5.43 Å². The number of nitrogens with zero attached hydrogens (tertiary/aromatic N) is 3. The van der Waals surface area contributed by atoms with Crippen molar-refractivity contribution < 1.29 is 13.4 Å². The molecule has 3 heterocycles. The second kappa shape index (κ2) is 9.82. The van der Waals surface area contributed by atoms with Crippen LogP contribution in [0, 0.1) is 5.82 Å². The van der Waals surface area contributed by atoms with Crippen molar-refractivity contribution in [1.29, 1.82) is 0 Å². The van der Waals surface area contributed by atoms with Crippen LogP contribution in [-0.2, 0) is 23.0 Å². The lowest BCUT2D eigenvalue weighted by Gasteiger charge is -2.26. The molecule has 2 aromatic carbocycles. The first-order chi connectivity index (χ1) is 16.5. The third kappa shape index (κ3) is 4.85. The Kier molecular flexibility index (Phi) is 6.63. The maximum Gasteiger partial charge on any atom is 0.286 e. The number of benzene rings is 2. The van der Waals surface area contributed by atoms with E-state index in [1.807, 2.05) is 17.1 Å². The van der Waals surface area contributed by atoms with Crippen LogP contribution in [0.25, 0.3) is 11.3 Å². The Balaban J connectivity index is 1.57. The van der Waals surface area contributed by atoms with Crippen molar-refractivity contribution in [3.63, 3.8) is 0 Å². The highest BCUT2D eigenvalue weighted by molar-refractivity contribution is 7.87. The average Bonchev–Trinajstić information content (AvgIpc) is 3.21. The van der Waals surface area contributed by atoms with E-state index in [9.17, 15) is 13.4 Å². The van der Waals surface area contributed by atoms with Crippen molar-refractivity contribution >= 4 is 33.9 Å². The summed E-state index contributed by atoms with van der Waals surface area (Å²) in [6, 6.07) is 13.4. The summed E-state index contributed by atoms with van der Waals surface area (Å²) in [4.78, 5) is 13.3. The molecule has 0 bridgehead atoms. The maximum atomic E-state index is 13.4. The normalized spacial score (nSPS) is 18.3. The first-order valence-corrected chi connectivity index (χ1v) is 13.0. The standard InChI is InChI=1S/C25H24ClFN4O2S/c26-19-6-10-21(11-7-19)31-24-18(14-17-4-8-20(27)9-5-17)15-34(33)16-22(24)23(28-31)25(32)29-30-12-2-1-3-13-30/h4-11,15H,1-3,12-14,16H2,(H,29,32). The molecule has 5 rings (SSSR count). The Hall–Kier alpha value is -2.81. The summed E-state index contributed by atoms with van der Waals surface area (Å²) < 4.78 is 28.0. The Bertz CT molecular complexity index is 1270. The van der Waals surface area contributed by atoms with Gasteiger partial charge in [0.25, 0.3) is 5.91 Å². The van der Waals surface area contributed by atoms with E-state index in [0.29, 0.717) is 17.0 Å². The van der Waals surface area contributed by atoms with Gasteiger partial charge in [-0.15, -0.1) is 0 Å². The van der Waals surface area contributed by atoms with Gasteiger partial charge in [-0.05, 0) is 60.4 Å². The summed E-state index contributed by atoms with van der Waals surface area (Å²) in [5, 5.41) is 8.93. The first kappa shape index (κ1) is 23.0. The third-order valence-corrected chi connectivity index (χ3v) is 7.43. The number of halogens is 2. The van der Waals surface area contributed by atoms with Crippen LogP contribution in [0.15, 0.2) is 53.9 Å². The fourth-order valence-corrected chi connectivity index (χ4v) is 5.70. The second-order valence-corrected chi connectivity index (χ2v) is 10.2. The largest absolute Gasteiger partial charge is 0.286 e. The zero-order valence-electron chi connectivity index (χ0n) is 18.5. The van der Waals surface area contributed by atoms with E-state index in [1.165, 1.54) is 12.1 Å². The van der Waals surface area contributed by atoms with Crippen LogP contribution in [0.1, 0.15) is 46.6 Å². The highest BCUT2D eigenvalue weighted by atomic mass is 35.5. The van der Waals surface area contributed by atoms with Gasteiger partial charge in [-0.3, -0.25) is 14.4 Å². The molecule has 2 aliphatic heterocycles. The van der Waals surface area contributed by atoms with Crippen molar-refractivity contribution in [2.45, 2.75) is 31.4 Å². The maximum absolute atomic E-state index is 13.4. The highest BCUT2D eigenvalue weighted by Gasteiger charge is 2.31. The van der Waals surface area contributed by atoms with Gasteiger partial charge in [-0.25, -0.2) is 14.1 Å². The zero-order valence-corrected chi connectivity index (χ0v) is 20.0.